The number of aryl methyl sites for hydroxylation is 1. The van der Waals surface area contributed by atoms with Gasteiger partial charge in [-0.25, -0.2) is 9.97 Å². The SMILES string of the molecule is Cc1nccn1CC1(CNC(=O)c2ccc3c(c2)ncn3CCO)CC1. The monoisotopic (exact) mass is 353 g/mol. The maximum absolute atomic E-state index is 12.6. The molecule has 136 valence electrons. The summed E-state index contributed by atoms with van der Waals surface area (Å²) in [7, 11) is 0. The maximum atomic E-state index is 12.6. The largest absolute Gasteiger partial charge is 0.395 e. The topological polar surface area (TPSA) is 85.0 Å². The number of aromatic nitrogens is 4. The molecule has 2 N–H and O–H groups in total. The second-order valence-electron chi connectivity index (χ2n) is 7.15. The molecule has 2 heterocycles. The summed E-state index contributed by atoms with van der Waals surface area (Å²) >= 11 is 0. The molecule has 2 aromatic heterocycles. The Kier molecular flexibility index (Phi) is 4.24. The number of nitrogens with one attached hydrogen (secondary N) is 1. The quantitative estimate of drug-likeness (QED) is 0.678. The highest BCUT2D eigenvalue weighted by atomic mass is 16.3. The predicted molar refractivity (Wildman–Crippen MR) is 97.8 cm³/mol. The van der Waals surface area contributed by atoms with Gasteiger partial charge in [0, 0.05) is 43.0 Å². The lowest BCUT2D eigenvalue weighted by Gasteiger charge is -2.17. The number of hydrogen-bond donors (Lipinski definition) is 2. The van der Waals surface area contributed by atoms with Crippen LogP contribution < -0.4 is 5.32 Å². The Morgan fingerprint density at radius 3 is 2.85 bits per heavy atom. The molecule has 0 atom stereocenters. The number of aliphatic hydroxyl groups excluding tert-OH is 1. The van der Waals surface area contributed by atoms with E-state index in [0.29, 0.717) is 18.7 Å². The number of carbonyl (C=O) groups excluding carboxylic acids is 1. The van der Waals surface area contributed by atoms with Crippen LogP contribution in [0.25, 0.3) is 11.0 Å². The van der Waals surface area contributed by atoms with E-state index < -0.39 is 0 Å². The van der Waals surface area contributed by atoms with Gasteiger partial charge in [-0.1, -0.05) is 0 Å². The van der Waals surface area contributed by atoms with E-state index in [9.17, 15) is 4.79 Å². The van der Waals surface area contributed by atoms with Gasteiger partial charge in [-0.15, -0.1) is 0 Å². The Balaban J connectivity index is 1.42. The maximum Gasteiger partial charge on any atom is 0.251 e. The molecule has 3 aromatic rings. The van der Waals surface area contributed by atoms with Gasteiger partial charge in [-0.05, 0) is 38.0 Å². The van der Waals surface area contributed by atoms with E-state index >= 15 is 0 Å². The third-order valence-electron chi connectivity index (χ3n) is 5.23. The molecule has 1 aliphatic carbocycles. The highest BCUT2D eigenvalue weighted by Crippen LogP contribution is 2.46. The number of nitrogens with zero attached hydrogens (tertiary/aromatic N) is 4. The highest BCUT2D eigenvalue weighted by Gasteiger charge is 2.43. The number of benzene rings is 1. The Bertz CT molecular complexity index is 938. The average Bonchev–Trinajstić information content (AvgIpc) is 3.12. The van der Waals surface area contributed by atoms with E-state index in [0.717, 1.165) is 36.2 Å². The van der Waals surface area contributed by atoms with Crippen molar-refractivity contribution in [3.8, 4) is 0 Å². The minimum absolute atomic E-state index is 0.0617. The number of carbonyl (C=O) groups is 1. The number of imidazole rings is 2. The first-order valence-electron chi connectivity index (χ1n) is 8.92. The average molecular weight is 353 g/mol. The van der Waals surface area contributed by atoms with Gasteiger partial charge >= 0.3 is 0 Å². The van der Waals surface area contributed by atoms with Gasteiger partial charge in [-0.2, -0.15) is 0 Å². The molecule has 0 radical (unpaired) electrons. The van der Waals surface area contributed by atoms with Crippen LogP contribution in [0.5, 0.6) is 0 Å². The molecule has 0 aliphatic heterocycles. The van der Waals surface area contributed by atoms with Crippen molar-refractivity contribution in [3.63, 3.8) is 0 Å². The van der Waals surface area contributed by atoms with Crippen molar-refractivity contribution in [2.24, 2.45) is 5.41 Å². The Morgan fingerprint density at radius 1 is 1.31 bits per heavy atom. The van der Waals surface area contributed by atoms with Crippen LogP contribution in [0.1, 0.15) is 29.0 Å². The Labute approximate surface area is 151 Å². The van der Waals surface area contributed by atoms with Crippen LogP contribution in [-0.2, 0) is 13.1 Å². The fourth-order valence-corrected chi connectivity index (χ4v) is 3.36. The van der Waals surface area contributed by atoms with E-state index in [1.807, 2.05) is 36.0 Å². The molecule has 4 rings (SSSR count). The van der Waals surface area contributed by atoms with Gasteiger partial charge in [0.05, 0.1) is 24.0 Å². The molecule has 0 spiro atoms. The summed E-state index contributed by atoms with van der Waals surface area (Å²) in [4.78, 5) is 21.1. The summed E-state index contributed by atoms with van der Waals surface area (Å²) < 4.78 is 4.03. The number of fused-ring (bicyclic) bond motifs is 1. The van der Waals surface area contributed by atoms with Gasteiger partial charge in [0.25, 0.3) is 5.91 Å². The summed E-state index contributed by atoms with van der Waals surface area (Å²) in [6.45, 7) is 4.12. The third-order valence-corrected chi connectivity index (χ3v) is 5.23. The Hall–Kier alpha value is -2.67. The van der Waals surface area contributed by atoms with Gasteiger partial charge < -0.3 is 19.6 Å². The molecule has 1 aliphatic rings. The van der Waals surface area contributed by atoms with E-state index in [-0.39, 0.29) is 17.9 Å². The van der Waals surface area contributed by atoms with Gasteiger partial charge in [-0.3, -0.25) is 4.79 Å². The van der Waals surface area contributed by atoms with Crippen LogP contribution in [0.4, 0.5) is 0 Å². The van der Waals surface area contributed by atoms with Crippen LogP contribution in [0.15, 0.2) is 36.9 Å². The summed E-state index contributed by atoms with van der Waals surface area (Å²) in [5.41, 5.74) is 2.45. The summed E-state index contributed by atoms with van der Waals surface area (Å²) in [6, 6.07) is 5.50. The molecule has 0 saturated heterocycles. The first-order chi connectivity index (χ1) is 12.6. The zero-order valence-electron chi connectivity index (χ0n) is 14.9. The van der Waals surface area contributed by atoms with Crippen LogP contribution in [0, 0.1) is 12.3 Å². The second-order valence-corrected chi connectivity index (χ2v) is 7.15. The number of aliphatic hydroxyl groups is 1. The molecule has 26 heavy (non-hydrogen) atoms. The zero-order chi connectivity index (χ0) is 18.1. The van der Waals surface area contributed by atoms with Crippen LogP contribution in [-0.4, -0.2) is 43.3 Å². The normalized spacial score (nSPS) is 15.3. The van der Waals surface area contributed by atoms with Crippen molar-refractivity contribution in [2.75, 3.05) is 13.2 Å². The minimum atomic E-state index is -0.0720. The van der Waals surface area contributed by atoms with Crippen molar-refractivity contribution < 1.29 is 9.90 Å². The summed E-state index contributed by atoms with van der Waals surface area (Å²) in [5.74, 6) is 0.934. The molecule has 7 heteroatoms. The second kappa shape index (κ2) is 6.57. The van der Waals surface area contributed by atoms with Gasteiger partial charge in [0.15, 0.2) is 0 Å². The van der Waals surface area contributed by atoms with E-state index in [4.69, 9.17) is 5.11 Å². The van der Waals surface area contributed by atoms with Crippen LogP contribution in [0.3, 0.4) is 0 Å². The molecule has 0 bridgehead atoms. The van der Waals surface area contributed by atoms with Crippen molar-refractivity contribution in [2.45, 2.75) is 32.9 Å². The van der Waals surface area contributed by atoms with Gasteiger partial charge in [0.2, 0.25) is 0 Å². The van der Waals surface area contributed by atoms with Crippen molar-refractivity contribution >= 4 is 16.9 Å². The fourth-order valence-electron chi connectivity index (χ4n) is 3.36. The van der Waals surface area contributed by atoms with E-state index in [1.54, 1.807) is 12.4 Å². The summed E-state index contributed by atoms with van der Waals surface area (Å²) in [5, 5.41) is 12.2. The number of rotatable bonds is 7. The zero-order valence-corrected chi connectivity index (χ0v) is 14.9. The smallest absolute Gasteiger partial charge is 0.251 e. The lowest BCUT2D eigenvalue weighted by atomic mass is 10.1. The molecule has 1 aromatic carbocycles. The number of hydrogen-bond acceptors (Lipinski definition) is 4. The van der Waals surface area contributed by atoms with Crippen LogP contribution in [0.2, 0.25) is 0 Å². The highest BCUT2D eigenvalue weighted by molar-refractivity contribution is 5.97. The van der Waals surface area contributed by atoms with Crippen molar-refractivity contribution in [1.82, 2.24) is 24.4 Å². The molecule has 7 nitrogen and oxygen atoms in total. The fraction of sp³-hybridized carbons (Fsp3) is 0.421. The van der Waals surface area contributed by atoms with Crippen molar-refractivity contribution in [1.29, 1.82) is 0 Å². The molecule has 1 saturated carbocycles. The molecular formula is C19H23N5O2. The molecule has 1 fully saturated rings. The first kappa shape index (κ1) is 16.8. The molecule has 0 unspecified atom stereocenters. The molecule has 1 amide bonds. The van der Waals surface area contributed by atoms with E-state index in [1.165, 1.54) is 0 Å². The molecular weight excluding hydrogens is 330 g/mol. The lowest BCUT2D eigenvalue weighted by molar-refractivity contribution is 0.0943. The lowest BCUT2D eigenvalue weighted by Crippen LogP contribution is -2.32. The standard InChI is InChI=1S/C19H23N5O2/c1-14-20-6-7-23(14)12-19(4-5-19)11-21-18(26)15-2-3-17-16(10-15)22-13-24(17)8-9-25/h2-3,6-7,10,13,25H,4-5,8-9,11-12H2,1H3,(H,21,26). The summed E-state index contributed by atoms with van der Waals surface area (Å²) in [6.07, 6.45) is 7.74. The van der Waals surface area contributed by atoms with Gasteiger partial charge in [0.1, 0.15) is 5.82 Å². The first-order valence-corrected chi connectivity index (χ1v) is 8.92. The van der Waals surface area contributed by atoms with Crippen LogP contribution >= 0.6 is 0 Å². The van der Waals surface area contributed by atoms with Crippen molar-refractivity contribution in [3.05, 3.63) is 48.3 Å². The third kappa shape index (κ3) is 3.22. The number of amides is 1. The minimum Gasteiger partial charge on any atom is -0.395 e. The Morgan fingerprint density at radius 2 is 2.15 bits per heavy atom. The van der Waals surface area contributed by atoms with E-state index in [2.05, 4.69) is 19.9 Å². The predicted octanol–water partition coefficient (Wildman–Crippen LogP) is 1.74.